The molecule has 0 radical (unpaired) electrons. The van der Waals surface area contributed by atoms with Crippen molar-refractivity contribution in [3.8, 4) is 23.0 Å². The average Bonchev–Trinajstić information content (AvgIpc) is 2.57. The van der Waals surface area contributed by atoms with E-state index < -0.39 is 0 Å². The molecule has 0 amide bonds. The summed E-state index contributed by atoms with van der Waals surface area (Å²) in [6.45, 7) is 0. The van der Waals surface area contributed by atoms with Crippen molar-refractivity contribution in [2.45, 2.75) is 32.1 Å². The molecule has 2 rings (SSSR count). The minimum Gasteiger partial charge on any atom is -0.504 e. The van der Waals surface area contributed by atoms with Gasteiger partial charge in [0.05, 0.1) is 14.2 Å². The molecule has 2 aromatic carbocycles. The molecule has 2 N–H and O–H groups in total. The van der Waals surface area contributed by atoms with Crippen LogP contribution in [0.1, 0.15) is 30.4 Å². The number of aromatic hydroxyl groups is 2. The third kappa shape index (κ3) is 4.81. The zero-order chi connectivity index (χ0) is 16.7. The molecule has 0 aromatic heterocycles. The molecule has 2 aromatic rings. The highest BCUT2D eigenvalue weighted by atomic mass is 16.5. The summed E-state index contributed by atoms with van der Waals surface area (Å²) in [4.78, 5) is 0. The minimum absolute atomic E-state index is 0.178. The normalized spacial score (nSPS) is 10.5. The number of benzene rings is 2. The van der Waals surface area contributed by atoms with Crippen LogP contribution in [-0.4, -0.2) is 24.4 Å². The summed E-state index contributed by atoms with van der Waals surface area (Å²) in [7, 11) is 3.12. The molecule has 0 spiro atoms. The fourth-order valence-electron chi connectivity index (χ4n) is 2.59. The van der Waals surface area contributed by atoms with Gasteiger partial charge in [0.2, 0.25) is 0 Å². The molecule has 4 nitrogen and oxygen atoms in total. The largest absolute Gasteiger partial charge is 0.504 e. The van der Waals surface area contributed by atoms with Gasteiger partial charge in [-0.2, -0.15) is 0 Å². The Labute approximate surface area is 137 Å². The molecule has 0 aliphatic rings. The van der Waals surface area contributed by atoms with Gasteiger partial charge in [0.15, 0.2) is 23.0 Å². The van der Waals surface area contributed by atoms with Gasteiger partial charge in [-0.05, 0) is 61.1 Å². The summed E-state index contributed by atoms with van der Waals surface area (Å²) in [6, 6.07) is 11.0. The topological polar surface area (TPSA) is 58.9 Å². The summed E-state index contributed by atoms with van der Waals surface area (Å²) in [5.41, 5.74) is 2.34. The predicted molar refractivity (Wildman–Crippen MR) is 90.6 cm³/mol. The summed E-state index contributed by atoms with van der Waals surface area (Å²) < 4.78 is 10.2. The lowest BCUT2D eigenvalue weighted by Gasteiger charge is -2.08. The lowest BCUT2D eigenvalue weighted by Crippen LogP contribution is -1.91. The van der Waals surface area contributed by atoms with Gasteiger partial charge in [0, 0.05) is 0 Å². The maximum absolute atomic E-state index is 9.58. The fraction of sp³-hybridized carbons (Fsp3) is 0.368. The Morgan fingerprint density at radius 3 is 1.52 bits per heavy atom. The molecular weight excluding hydrogens is 292 g/mol. The number of phenolic OH excluding ortho intramolecular Hbond substituents is 2. The Hall–Kier alpha value is -2.36. The maximum Gasteiger partial charge on any atom is 0.160 e. The zero-order valence-corrected chi connectivity index (χ0v) is 13.7. The first kappa shape index (κ1) is 17.0. The van der Waals surface area contributed by atoms with Crippen LogP contribution in [0.5, 0.6) is 23.0 Å². The van der Waals surface area contributed by atoms with E-state index >= 15 is 0 Å². The standard InChI is InChI=1S/C19H24O4/c1-22-18-12-14(8-10-16(18)20)6-4-3-5-7-15-9-11-17(21)19(13-15)23-2/h8-13,20-21H,3-7H2,1-2H3. The lowest BCUT2D eigenvalue weighted by molar-refractivity contribution is 0.372. The molecule has 0 aliphatic carbocycles. The van der Waals surface area contributed by atoms with Crippen LogP contribution in [0, 0.1) is 0 Å². The lowest BCUT2D eigenvalue weighted by atomic mass is 10.0. The summed E-state index contributed by atoms with van der Waals surface area (Å²) >= 11 is 0. The van der Waals surface area contributed by atoms with Crippen LogP contribution in [0.3, 0.4) is 0 Å². The van der Waals surface area contributed by atoms with E-state index in [-0.39, 0.29) is 11.5 Å². The first-order valence-corrected chi connectivity index (χ1v) is 7.86. The van der Waals surface area contributed by atoms with Crippen molar-refractivity contribution in [3.05, 3.63) is 47.5 Å². The molecule has 0 aliphatic heterocycles. The summed E-state index contributed by atoms with van der Waals surface area (Å²) in [5, 5.41) is 19.2. The van der Waals surface area contributed by atoms with Crippen LogP contribution in [0.15, 0.2) is 36.4 Å². The zero-order valence-electron chi connectivity index (χ0n) is 13.7. The first-order chi connectivity index (χ1) is 11.1. The Morgan fingerprint density at radius 2 is 1.13 bits per heavy atom. The second-order valence-corrected chi connectivity index (χ2v) is 5.57. The average molecular weight is 316 g/mol. The monoisotopic (exact) mass is 316 g/mol. The predicted octanol–water partition coefficient (Wildman–Crippen LogP) is 4.07. The Bertz CT molecular complexity index is 582. The molecule has 0 heterocycles. The van der Waals surface area contributed by atoms with E-state index in [0.29, 0.717) is 11.5 Å². The molecule has 23 heavy (non-hydrogen) atoms. The van der Waals surface area contributed by atoms with Crippen molar-refractivity contribution in [2.24, 2.45) is 0 Å². The molecule has 124 valence electrons. The maximum atomic E-state index is 9.58. The highest BCUT2D eigenvalue weighted by molar-refractivity contribution is 5.42. The third-order valence-electron chi connectivity index (χ3n) is 3.92. The van der Waals surface area contributed by atoms with E-state index in [0.717, 1.165) is 32.1 Å². The van der Waals surface area contributed by atoms with Crippen molar-refractivity contribution in [2.75, 3.05) is 14.2 Å². The van der Waals surface area contributed by atoms with Crippen LogP contribution < -0.4 is 9.47 Å². The number of aryl methyl sites for hydroxylation is 2. The van der Waals surface area contributed by atoms with Gasteiger partial charge in [-0.15, -0.1) is 0 Å². The van der Waals surface area contributed by atoms with Gasteiger partial charge in [0.25, 0.3) is 0 Å². The van der Waals surface area contributed by atoms with E-state index in [1.807, 2.05) is 24.3 Å². The van der Waals surface area contributed by atoms with Crippen LogP contribution in [0.25, 0.3) is 0 Å². The summed E-state index contributed by atoms with van der Waals surface area (Å²) in [5.74, 6) is 1.41. The quantitative estimate of drug-likeness (QED) is 0.721. The van der Waals surface area contributed by atoms with Crippen molar-refractivity contribution in [1.29, 1.82) is 0 Å². The van der Waals surface area contributed by atoms with Gasteiger partial charge in [0.1, 0.15) is 0 Å². The number of methoxy groups -OCH3 is 2. The van der Waals surface area contributed by atoms with Crippen molar-refractivity contribution < 1.29 is 19.7 Å². The Balaban J connectivity index is 1.75. The fourth-order valence-corrected chi connectivity index (χ4v) is 2.59. The number of phenols is 2. The van der Waals surface area contributed by atoms with E-state index in [4.69, 9.17) is 9.47 Å². The number of hydrogen-bond acceptors (Lipinski definition) is 4. The molecule has 0 saturated heterocycles. The van der Waals surface area contributed by atoms with Crippen LogP contribution in [0.2, 0.25) is 0 Å². The number of unbranched alkanes of at least 4 members (excludes halogenated alkanes) is 2. The van der Waals surface area contributed by atoms with E-state index in [9.17, 15) is 10.2 Å². The van der Waals surface area contributed by atoms with Crippen LogP contribution >= 0.6 is 0 Å². The van der Waals surface area contributed by atoms with Gasteiger partial charge in [-0.25, -0.2) is 0 Å². The second kappa shape index (κ2) is 8.32. The van der Waals surface area contributed by atoms with Crippen molar-refractivity contribution in [1.82, 2.24) is 0 Å². The van der Waals surface area contributed by atoms with Crippen LogP contribution in [-0.2, 0) is 12.8 Å². The molecule has 0 atom stereocenters. The van der Waals surface area contributed by atoms with Crippen LogP contribution in [0.4, 0.5) is 0 Å². The minimum atomic E-state index is 0.178. The highest BCUT2D eigenvalue weighted by Crippen LogP contribution is 2.28. The molecule has 0 unspecified atom stereocenters. The molecule has 0 saturated carbocycles. The van der Waals surface area contributed by atoms with Gasteiger partial charge in [-0.3, -0.25) is 0 Å². The number of rotatable bonds is 8. The smallest absolute Gasteiger partial charge is 0.160 e. The number of hydrogen-bond donors (Lipinski definition) is 2. The van der Waals surface area contributed by atoms with E-state index in [1.165, 1.54) is 11.1 Å². The third-order valence-corrected chi connectivity index (χ3v) is 3.92. The van der Waals surface area contributed by atoms with Gasteiger partial charge >= 0.3 is 0 Å². The molecule has 0 fully saturated rings. The van der Waals surface area contributed by atoms with Gasteiger partial charge in [-0.1, -0.05) is 18.6 Å². The van der Waals surface area contributed by atoms with Crippen molar-refractivity contribution in [3.63, 3.8) is 0 Å². The van der Waals surface area contributed by atoms with E-state index in [2.05, 4.69) is 0 Å². The highest BCUT2D eigenvalue weighted by Gasteiger charge is 2.04. The SMILES string of the molecule is COc1cc(CCCCCc2ccc(O)c(OC)c2)ccc1O. The second-order valence-electron chi connectivity index (χ2n) is 5.57. The van der Waals surface area contributed by atoms with Crippen molar-refractivity contribution >= 4 is 0 Å². The van der Waals surface area contributed by atoms with E-state index in [1.54, 1.807) is 26.4 Å². The molecule has 0 bridgehead atoms. The number of ether oxygens (including phenoxy) is 2. The van der Waals surface area contributed by atoms with Gasteiger partial charge < -0.3 is 19.7 Å². The molecular formula is C19H24O4. The molecule has 4 heteroatoms. The first-order valence-electron chi connectivity index (χ1n) is 7.86. The summed E-state index contributed by atoms with van der Waals surface area (Å²) in [6.07, 6.45) is 5.23. The Kier molecular flexibility index (Phi) is 6.15. The Morgan fingerprint density at radius 1 is 0.696 bits per heavy atom.